The molecule has 5 N–H and O–H groups in total. The molecule has 1 aromatic heterocycles. The van der Waals surface area contributed by atoms with E-state index >= 15 is 0 Å². The summed E-state index contributed by atoms with van der Waals surface area (Å²) in [6, 6.07) is 9.76. The van der Waals surface area contributed by atoms with Crippen molar-refractivity contribution in [3.63, 3.8) is 0 Å². The number of benzene rings is 1. The molecule has 1 amide bonds. The Balaban J connectivity index is 2.00. The molecule has 2 aromatic rings. The number of anilines is 1. The molecule has 0 bridgehead atoms. The van der Waals surface area contributed by atoms with Gasteiger partial charge in [-0.25, -0.2) is 4.79 Å². The summed E-state index contributed by atoms with van der Waals surface area (Å²) in [4.78, 5) is 38.9. The van der Waals surface area contributed by atoms with Gasteiger partial charge in [-0.2, -0.15) is 0 Å². The number of H-pyrrole nitrogens is 2. The van der Waals surface area contributed by atoms with Crippen LogP contribution in [0.4, 0.5) is 5.69 Å². The van der Waals surface area contributed by atoms with Crippen LogP contribution in [0.5, 0.6) is 0 Å². The zero-order valence-electron chi connectivity index (χ0n) is 12.2. The molecule has 1 heterocycles. The first kappa shape index (κ1) is 15.6. The topological polar surface area (TPSA) is 121 Å². The SMILES string of the molecule is CC(CCc1ccccc1)NC(=O)c1[nH]c(=O)[nH]c(=O)c1N. The number of rotatable bonds is 5. The minimum Gasteiger partial charge on any atom is -0.392 e. The molecule has 0 spiro atoms. The molecule has 1 unspecified atom stereocenters. The van der Waals surface area contributed by atoms with Crippen LogP contribution < -0.4 is 22.3 Å². The highest BCUT2D eigenvalue weighted by Crippen LogP contribution is 2.06. The van der Waals surface area contributed by atoms with Crippen molar-refractivity contribution in [3.8, 4) is 0 Å². The number of aromatic amines is 2. The maximum Gasteiger partial charge on any atom is 0.326 e. The smallest absolute Gasteiger partial charge is 0.326 e. The number of aryl methyl sites for hydroxylation is 1. The van der Waals surface area contributed by atoms with Gasteiger partial charge in [-0.05, 0) is 25.3 Å². The first-order chi connectivity index (χ1) is 10.5. The van der Waals surface area contributed by atoms with Crippen LogP contribution in [0.15, 0.2) is 39.9 Å². The zero-order valence-corrected chi connectivity index (χ0v) is 12.2. The van der Waals surface area contributed by atoms with Gasteiger partial charge in [0, 0.05) is 6.04 Å². The Morgan fingerprint density at radius 1 is 1.23 bits per heavy atom. The van der Waals surface area contributed by atoms with E-state index in [4.69, 9.17) is 5.73 Å². The van der Waals surface area contributed by atoms with Crippen LogP contribution in [0.25, 0.3) is 0 Å². The predicted molar refractivity (Wildman–Crippen MR) is 83.8 cm³/mol. The Morgan fingerprint density at radius 3 is 2.59 bits per heavy atom. The molecule has 0 fully saturated rings. The van der Waals surface area contributed by atoms with Crippen LogP contribution in [0.1, 0.15) is 29.4 Å². The van der Waals surface area contributed by atoms with E-state index in [2.05, 4.69) is 10.3 Å². The van der Waals surface area contributed by atoms with Crippen LogP contribution in [-0.2, 0) is 6.42 Å². The number of carbonyl (C=O) groups excluding carboxylic acids is 1. The van der Waals surface area contributed by atoms with Gasteiger partial charge in [0.2, 0.25) is 0 Å². The molecule has 0 saturated heterocycles. The standard InChI is InChI=1S/C15H18N4O3/c1-9(7-8-10-5-3-2-4-6-10)17-14(21)12-11(16)13(20)19-15(22)18-12/h2-6,9H,7-8,16H2,1H3,(H,17,21)(H2,18,19,20,22). The van der Waals surface area contributed by atoms with E-state index in [0.717, 1.165) is 12.8 Å². The molecule has 22 heavy (non-hydrogen) atoms. The lowest BCUT2D eigenvalue weighted by atomic mass is 10.1. The zero-order chi connectivity index (χ0) is 16.1. The Morgan fingerprint density at radius 2 is 1.91 bits per heavy atom. The average Bonchev–Trinajstić information content (AvgIpc) is 2.49. The van der Waals surface area contributed by atoms with Crippen molar-refractivity contribution in [2.75, 3.05) is 5.73 Å². The number of aromatic nitrogens is 2. The number of nitrogens with one attached hydrogen (secondary N) is 3. The highest BCUT2D eigenvalue weighted by molar-refractivity contribution is 5.96. The van der Waals surface area contributed by atoms with Crippen molar-refractivity contribution < 1.29 is 4.79 Å². The number of nitrogen functional groups attached to an aromatic ring is 1. The maximum absolute atomic E-state index is 12.1. The Hall–Kier alpha value is -2.83. The van der Waals surface area contributed by atoms with Gasteiger partial charge in [0.05, 0.1) is 0 Å². The van der Waals surface area contributed by atoms with E-state index in [-0.39, 0.29) is 17.4 Å². The molecule has 0 radical (unpaired) electrons. The lowest BCUT2D eigenvalue weighted by molar-refractivity contribution is 0.0934. The number of amides is 1. The van der Waals surface area contributed by atoms with Crippen molar-refractivity contribution in [2.45, 2.75) is 25.8 Å². The fourth-order valence-corrected chi connectivity index (χ4v) is 2.07. The summed E-state index contributed by atoms with van der Waals surface area (Å²) >= 11 is 0. The normalized spacial score (nSPS) is 11.9. The lowest BCUT2D eigenvalue weighted by Crippen LogP contribution is -2.37. The minimum absolute atomic E-state index is 0.130. The van der Waals surface area contributed by atoms with Gasteiger partial charge >= 0.3 is 5.69 Å². The second-order valence-corrected chi connectivity index (χ2v) is 5.10. The summed E-state index contributed by atoms with van der Waals surface area (Å²) in [7, 11) is 0. The van der Waals surface area contributed by atoms with Crippen LogP contribution in [0.2, 0.25) is 0 Å². The molecule has 7 nitrogen and oxygen atoms in total. The third kappa shape index (κ3) is 3.85. The van der Waals surface area contributed by atoms with Crippen molar-refractivity contribution in [3.05, 3.63) is 62.4 Å². The maximum atomic E-state index is 12.1. The van der Waals surface area contributed by atoms with Crippen molar-refractivity contribution in [2.24, 2.45) is 0 Å². The van der Waals surface area contributed by atoms with Crippen LogP contribution in [0.3, 0.4) is 0 Å². The largest absolute Gasteiger partial charge is 0.392 e. The van der Waals surface area contributed by atoms with Crippen LogP contribution >= 0.6 is 0 Å². The molecule has 116 valence electrons. The van der Waals surface area contributed by atoms with Crippen LogP contribution in [-0.4, -0.2) is 21.9 Å². The molecule has 0 aliphatic rings. The molecule has 0 saturated carbocycles. The lowest BCUT2D eigenvalue weighted by Gasteiger charge is -2.14. The summed E-state index contributed by atoms with van der Waals surface area (Å²) in [5.41, 5.74) is 4.65. The molecular formula is C15H18N4O3. The van der Waals surface area contributed by atoms with Gasteiger partial charge in [0.15, 0.2) is 0 Å². The molecule has 1 aromatic carbocycles. The van der Waals surface area contributed by atoms with Crippen molar-refractivity contribution >= 4 is 11.6 Å². The summed E-state index contributed by atoms with van der Waals surface area (Å²) in [6.45, 7) is 1.85. The minimum atomic E-state index is -0.772. The van der Waals surface area contributed by atoms with Crippen molar-refractivity contribution in [1.82, 2.24) is 15.3 Å². The van der Waals surface area contributed by atoms with Crippen molar-refractivity contribution in [1.29, 1.82) is 0 Å². The quantitative estimate of drug-likeness (QED) is 0.638. The summed E-state index contributed by atoms with van der Waals surface area (Å²) < 4.78 is 0. The van der Waals surface area contributed by atoms with Gasteiger partial charge in [-0.3, -0.25) is 14.6 Å². The number of hydrogen-bond acceptors (Lipinski definition) is 4. The first-order valence-corrected chi connectivity index (χ1v) is 6.94. The van der Waals surface area contributed by atoms with E-state index in [1.807, 2.05) is 42.2 Å². The predicted octanol–water partition coefficient (Wildman–Crippen LogP) is 0.397. The highest BCUT2D eigenvalue weighted by Gasteiger charge is 2.16. The molecular weight excluding hydrogens is 284 g/mol. The van der Waals surface area contributed by atoms with Crippen LogP contribution in [0, 0.1) is 0 Å². The fraction of sp³-hybridized carbons (Fsp3) is 0.267. The number of hydrogen-bond donors (Lipinski definition) is 4. The third-order valence-electron chi connectivity index (χ3n) is 3.29. The Bertz CT molecular complexity index is 764. The van der Waals surface area contributed by atoms with E-state index in [1.54, 1.807) is 0 Å². The summed E-state index contributed by atoms with van der Waals surface area (Å²) in [5.74, 6) is -0.568. The highest BCUT2D eigenvalue weighted by atomic mass is 16.2. The fourth-order valence-electron chi connectivity index (χ4n) is 2.07. The number of nitrogens with two attached hydrogens (primary N) is 1. The van der Waals surface area contributed by atoms with E-state index in [1.165, 1.54) is 5.56 Å². The van der Waals surface area contributed by atoms with E-state index < -0.39 is 17.2 Å². The van der Waals surface area contributed by atoms with Gasteiger partial charge in [-0.1, -0.05) is 30.3 Å². The second-order valence-electron chi connectivity index (χ2n) is 5.10. The van der Waals surface area contributed by atoms with E-state index in [9.17, 15) is 14.4 Å². The van der Waals surface area contributed by atoms with Gasteiger partial charge in [-0.15, -0.1) is 0 Å². The first-order valence-electron chi connectivity index (χ1n) is 6.94. The van der Waals surface area contributed by atoms with E-state index in [0.29, 0.717) is 0 Å². The Kier molecular flexibility index (Phi) is 4.77. The number of carbonyl (C=O) groups is 1. The molecule has 0 aliphatic heterocycles. The monoisotopic (exact) mass is 302 g/mol. The Labute approximate surface area is 126 Å². The van der Waals surface area contributed by atoms with Gasteiger partial charge in [0.25, 0.3) is 11.5 Å². The average molecular weight is 302 g/mol. The second kappa shape index (κ2) is 6.75. The summed E-state index contributed by atoms with van der Waals surface area (Å²) in [5, 5.41) is 2.72. The molecule has 7 heteroatoms. The molecule has 0 aliphatic carbocycles. The van der Waals surface area contributed by atoms with Gasteiger partial charge in [0.1, 0.15) is 11.4 Å². The molecule has 2 rings (SSSR count). The van der Waals surface area contributed by atoms with Gasteiger partial charge < -0.3 is 16.0 Å². The summed E-state index contributed by atoms with van der Waals surface area (Å²) in [6.07, 6.45) is 1.53. The third-order valence-corrected chi connectivity index (χ3v) is 3.29. The molecule has 1 atom stereocenters.